The maximum Gasteiger partial charge on any atom is 0.245 e. The molecule has 2 amide bonds. The average molecular weight is 506 g/mol. The third kappa shape index (κ3) is 5.25. The minimum Gasteiger partial charge on any atom is -0.343 e. The van der Waals surface area contributed by atoms with Gasteiger partial charge in [0.1, 0.15) is 17.7 Å². The van der Waals surface area contributed by atoms with Crippen molar-refractivity contribution in [2.45, 2.75) is 70.0 Å². The number of nitrogens with zero attached hydrogens (tertiary/aromatic N) is 3. The van der Waals surface area contributed by atoms with Crippen LogP contribution in [0.5, 0.6) is 0 Å². The third-order valence-corrected chi connectivity index (χ3v) is 8.10. The standard InChI is InChI=1S/C29H36FN5O2/c1-19(31-2)28(36)33-27(20-7-4-3-5-8-20)29(37)35-15-6-9-24(35)21-12-14-32-26(18-21)34-16-13-22-17-23(30)10-11-25(22)34/h10-14,16-20,24,27,31H,3-9,15H2,1-2H3,(H,33,36). The summed E-state index contributed by atoms with van der Waals surface area (Å²) in [5, 5.41) is 6.90. The van der Waals surface area contributed by atoms with Gasteiger partial charge in [0, 0.05) is 24.3 Å². The Kier molecular flexibility index (Phi) is 7.55. The number of rotatable bonds is 7. The van der Waals surface area contributed by atoms with Crippen LogP contribution in [0.4, 0.5) is 4.39 Å². The Morgan fingerprint density at radius 3 is 2.65 bits per heavy atom. The molecule has 37 heavy (non-hydrogen) atoms. The van der Waals surface area contributed by atoms with Gasteiger partial charge in [-0.2, -0.15) is 0 Å². The van der Waals surface area contributed by atoms with Crippen molar-refractivity contribution in [2.75, 3.05) is 13.6 Å². The van der Waals surface area contributed by atoms with Crippen molar-refractivity contribution in [2.24, 2.45) is 5.92 Å². The van der Waals surface area contributed by atoms with Gasteiger partial charge < -0.3 is 20.1 Å². The number of likely N-dealkylation sites (N-methyl/N-ethyl adjacent to an activating group) is 1. The first-order valence-electron chi connectivity index (χ1n) is 13.5. The van der Waals surface area contributed by atoms with Crippen molar-refractivity contribution in [3.05, 3.63) is 60.2 Å². The molecule has 3 heterocycles. The van der Waals surface area contributed by atoms with Gasteiger partial charge in [0.2, 0.25) is 11.8 Å². The van der Waals surface area contributed by atoms with Gasteiger partial charge in [0.05, 0.1) is 17.6 Å². The zero-order valence-electron chi connectivity index (χ0n) is 21.6. The molecule has 1 saturated heterocycles. The average Bonchev–Trinajstić information content (AvgIpc) is 3.58. The van der Waals surface area contributed by atoms with Crippen molar-refractivity contribution in [3.8, 4) is 5.82 Å². The quantitative estimate of drug-likeness (QED) is 0.496. The number of hydrogen-bond donors (Lipinski definition) is 2. The van der Waals surface area contributed by atoms with Crippen LogP contribution in [-0.4, -0.2) is 51.9 Å². The highest BCUT2D eigenvalue weighted by Crippen LogP contribution is 2.35. The second-order valence-corrected chi connectivity index (χ2v) is 10.4. The van der Waals surface area contributed by atoms with Crippen LogP contribution in [0.25, 0.3) is 16.7 Å². The number of nitrogens with one attached hydrogen (secondary N) is 2. The maximum atomic E-state index is 14.0. The molecule has 2 aromatic heterocycles. The van der Waals surface area contributed by atoms with Gasteiger partial charge in [0.25, 0.3) is 0 Å². The summed E-state index contributed by atoms with van der Waals surface area (Å²) in [4.78, 5) is 33.4. The molecule has 8 heteroatoms. The number of amides is 2. The zero-order chi connectivity index (χ0) is 25.9. The van der Waals surface area contributed by atoms with Gasteiger partial charge >= 0.3 is 0 Å². The van der Waals surface area contributed by atoms with Gasteiger partial charge in [-0.15, -0.1) is 0 Å². The molecular weight excluding hydrogens is 469 g/mol. The van der Waals surface area contributed by atoms with Crippen LogP contribution < -0.4 is 10.6 Å². The lowest BCUT2D eigenvalue weighted by Crippen LogP contribution is -2.55. The van der Waals surface area contributed by atoms with Gasteiger partial charge in [-0.25, -0.2) is 9.37 Å². The molecule has 2 fully saturated rings. The molecule has 5 rings (SSSR count). The molecular formula is C29H36FN5O2. The van der Waals surface area contributed by atoms with E-state index in [1.807, 2.05) is 40.8 Å². The Labute approximate surface area is 217 Å². The Bertz CT molecular complexity index is 1270. The summed E-state index contributed by atoms with van der Waals surface area (Å²) in [6, 6.07) is 9.66. The predicted octanol–water partition coefficient (Wildman–Crippen LogP) is 4.50. The highest BCUT2D eigenvalue weighted by molar-refractivity contribution is 5.90. The van der Waals surface area contributed by atoms with Gasteiger partial charge in [-0.3, -0.25) is 9.59 Å². The number of carbonyl (C=O) groups is 2. The van der Waals surface area contributed by atoms with Crippen LogP contribution in [-0.2, 0) is 9.59 Å². The molecule has 3 unspecified atom stereocenters. The largest absolute Gasteiger partial charge is 0.343 e. The van der Waals surface area contributed by atoms with E-state index in [4.69, 9.17) is 0 Å². The Morgan fingerprint density at radius 2 is 1.86 bits per heavy atom. The molecule has 196 valence electrons. The minimum atomic E-state index is -0.506. The van der Waals surface area contributed by atoms with E-state index in [0.29, 0.717) is 6.54 Å². The predicted molar refractivity (Wildman–Crippen MR) is 142 cm³/mol. The number of pyridine rings is 1. The van der Waals surface area contributed by atoms with Gasteiger partial charge in [0.15, 0.2) is 0 Å². The van der Waals surface area contributed by atoms with E-state index in [-0.39, 0.29) is 35.6 Å². The summed E-state index contributed by atoms with van der Waals surface area (Å²) in [5.41, 5.74) is 1.90. The fourth-order valence-electron chi connectivity index (χ4n) is 5.90. The summed E-state index contributed by atoms with van der Waals surface area (Å²) in [7, 11) is 1.75. The number of likely N-dealkylation sites (tertiary alicyclic amines) is 1. The third-order valence-electron chi connectivity index (χ3n) is 8.10. The van der Waals surface area contributed by atoms with E-state index in [2.05, 4.69) is 15.6 Å². The summed E-state index contributed by atoms with van der Waals surface area (Å²) < 4.78 is 15.6. The van der Waals surface area contributed by atoms with Crippen molar-refractivity contribution in [1.29, 1.82) is 0 Å². The van der Waals surface area contributed by atoms with Crippen molar-refractivity contribution >= 4 is 22.7 Å². The van der Waals surface area contributed by atoms with Crippen LogP contribution in [0.2, 0.25) is 0 Å². The molecule has 0 bridgehead atoms. The summed E-state index contributed by atoms with van der Waals surface area (Å²) in [6.45, 7) is 2.49. The zero-order valence-corrected chi connectivity index (χ0v) is 21.6. The van der Waals surface area contributed by atoms with Gasteiger partial charge in [-0.05, 0) is 87.5 Å². The topological polar surface area (TPSA) is 79.3 Å². The van der Waals surface area contributed by atoms with Crippen molar-refractivity contribution < 1.29 is 14.0 Å². The van der Waals surface area contributed by atoms with Gasteiger partial charge in [-0.1, -0.05) is 19.3 Å². The number of fused-ring (bicyclic) bond motifs is 1. The molecule has 0 spiro atoms. The normalized spacial score (nSPS) is 20.2. The first-order chi connectivity index (χ1) is 18.0. The highest BCUT2D eigenvalue weighted by atomic mass is 19.1. The SMILES string of the molecule is CNC(C)C(=O)NC(C(=O)N1CCCC1c1ccnc(-n2ccc3cc(F)ccc32)c1)C1CCCCC1. The van der Waals surface area contributed by atoms with Crippen LogP contribution >= 0.6 is 0 Å². The van der Waals surface area contributed by atoms with Crippen molar-refractivity contribution in [1.82, 2.24) is 25.1 Å². The van der Waals surface area contributed by atoms with E-state index >= 15 is 0 Å². The molecule has 1 aliphatic carbocycles. The minimum absolute atomic E-state index is 0.0197. The molecule has 3 aromatic rings. The number of hydrogen-bond acceptors (Lipinski definition) is 4. The second kappa shape index (κ2) is 11.0. The Balaban J connectivity index is 1.42. The number of aromatic nitrogens is 2. The molecule has 1 aliphatic heterocycles. The van der Waals surface area contributed by atoms with Crippen LogP contribution in [0.1, 0.15) is 63.5 Å². The monoisotopic (exact) mass is 505 g/mol. The summed E-state index contributed by atoms with van der Waals surface area (Å²) in [6.07, 6.45) is 10.7. The lowest BCUT2D eigenvalue weighted by atomic mass is 9.83. The smallest absolute Gasteiger partial charge is 0.245 e. The molecule has 1 saturated carbocycles. The first kappa shape index (κ1) is 25.4. The lowest BCUT2D eigenvalue weighted by Gasteiger charge is -2.35. The van der Waals surface area contributed by atoms with E-state index in [1.54, 1.807) is 19.3 Å². The molecule has 2 N–H and O–H groups in total. The van der Waals surface area contributed by atoms with Crippen molar-refractivity contribution in [3.63, 3.8) is 0 Å². The van der Waals surface area contributed by atoms with E-state index in [0.717, 1.165) is 60.8 Å². The summed E-state index contributed by atoms with van der Waals surface area (Å²) >= 11 is 0. The summed E-state index contributed by atoms with van der Waals surface area (Å²) in [5.74, 6) is 0.514. The fourth-order valence-corrected chi connectivity index (χ4v) is 5.90. The van der Waals surface area contributed by atoms with Crippen LogP contribution in [0.15, 0.2) is 48.8 Å². The second-order valence-electron chi connectivity index (χ2n) is 10.4. The van der Waals surface area contributed by atoms with Crippen LogP contribution in [0, 0.1) is 11.7 Å². The Hall–Kier alpha value is -3.26. The van der Waals surface area contributed by atoms with E-state index in [9.17, 15) is 14.0 Å². The maximum absolute atomic E-state index is 14.0. The molecule has 0 radical (unpaired) electrons. The number of benzene rings is 1. The fraction of sp³-hybridized carbons (Fsp3) is 0.483. The number of halogens is 1. The Morgan fingerprint density at radius 1 is 1.05 bits per heavy atom. The molecule has 3 atom stereocenters. The van der Waals surface area contributed by atoms with E-state index < -0.39 is 6.04 Å². The van der Waals surface area contributed by atoms with E-state index in [1.165, 1.54) is 18.6 Å². The number of carbonyl (C=O) groups excluding carboxylic acids is 2. The lowest BCUT2D eigenvalue weighted by molar-refractivity contribution is -0.139. The molecule has 1 aromatic carbocycles. The molecule has 7 nitrogen and oxygen atoms in total. The highest BCUT2D eigenvalue weighted by Gasteiger charge is 2.39. The molecule has 2 aliphatic rings. The van der Waals surface area contributed by atoms with Crippen LogP contribution in [0.3, 0.4) is 0 Å². The first-order valence-corrected chi connectivity index (χ1v) is 13.5.